The Balaban J connectivity index is 1.34. The minimum Gasteiger partial charge on any atom is -0.374 e. The third-order valence-corrected chi connectivity index (χ3v) is 6.48. The minimum atomic E-state index is -0.133. The van der Waals surface area contributed by atoms with E-state index in [0.29, 0.717) is 39.1 Å². The first-order chi connectivity index (χ1) is 15.1. The van der Waals surface area contributed by atoms with Crippen molar-refractivity contribution < 1.29 is 14.3 Å². The Bertz CT molecular complexity index is 1110. The molecule has 160 valence electrons. The zero-order chi connectivity index (χ0) is 21.4. The van der Waals surface area contributed by atoms with E-state index < -0.39 is 0 Å². The Labute approximate surface area is 182 Å². The van der Waals surface area contributed by atoms with E-state index in [1.807, 2.05) is 65.5 Å². The topological polar surface area (TPSA) is 54.8 Å². The number of hydrogen-bond acceptors (Lipinski definition) is 3. The number of carbonyl (C=O) groups is 2. The minimum absolute atomic E-state index is 0.0835. The zero-order valence-electron chi connectivity index (χ0n) is 17.7. The van der Waals surface area contributed by atoms with Crippen molar-refractivity contribution in [3.8, 4) is 0 Å². The first-order valence-electron chi connectivity index (χ1n) is 10.9. The fourth-order valence-corrected chi connectivity index (χ4v) is 4.88. The molecule has 0 bridgehead atoms. The summed E-state index contributed by atoms with van der Waals surface area (Å²) in [6.07, 6.45) is 2.65. The van der Waals surface area contributed by atoms with Crippen LogP contribution in [-0.4, -0.2) is 58.0 Å². The molecule has 0 aliphatic carbocycles. The lowest BCUT2D eigenvalue weighted by Gasteiger charge is -2.29. The monoisotopic (exact) mass is 417 g/mol. The Morgan fingerprint density at radius 2 is 1.84 bits per heavy atom. The van der Waals surface area contributed by atoms with Gasteiger partial charge < -0.3 is 19.1 Å². The Hall–Kier alpha value is -3.12. The molecule has 6 heteroatoms. The molecular formula is C25H27N3O3. The molecule has 31 heavy (non-hydrogen) atoms. The van der Waals surface area contributed by atoms with E-state index in [9.17, 15) is 9.59 Å². The van der Waals surface area contributed by atoms with Gasteiger partial charge >= 0.3 is 0 Å². The predicted molar refractivity (Wildman–Crippen MR) is 118 cm³/mol. The van der Waals surface area contributed by atoms with E-state index in [-0.39, 0.29) is 24.0 Å². The van der Waals surface area contributed by atoms with Crippen molar-refractivity contribution in [2.24, 2.45) is 7.05 Å². The number of aryl methyl sites for hydroxylation is 1. The van der Waals surface area contributed by atoms with Crippen molar-refractivity contribution >= 4 is 22.7 Å². The van der Waals surface area contributed by atoms with Crippen LogP contribution >= 0.6 is 0 Å². The normalized spacial score (nSPS) is 21.4. The van der Waals surface area contributed by atoms with Crippen LogP contribution in [0.5, 0.6) is 0 Å². The zero-order valence-corrected chi connectivity index (χ0v) is 17.7. The lowest BCUT2D eigenvalue weighted by molar-refractivity contribution is -0.135. The predicted octanol–water partition coefficient (Wildman–Crippen LogP) is 2.75. The van der Waals surface area contributed by atoms with Crippen LogP contribution in [0.15, 0.2) is 60.8 Å². The van der Waals surface area contributed by atoms with Gasteiger partial charge in [0.1, 0.15) is 0 Å². The summed E-state index contributed by atoms with van der Waals surface area (Å²) < 4.78 is 8.07. The highest BCUT2D eigenvalue weighted by Crippen LogP contribution is 2.27. The van der Waals surface area contributed by atoms with Gasteiger partial charge in [-0.05, 0) is 17.2 Å². The molecule has 2 saturated heterocycles. The molecule has 5 rings (SSSR count). The van der Waals surface area contributed by atoms with Crippen molar-refractivity contribution in [3.63, 3.8) is 0 Å². The summed E-state index contributed by atoms with van der Waals surface area (Å²) in [4.78, 5) is 29.8. The molecule has 3 heterocycles. The molecule has 2 atom stereocenters. The lowest BCUT2D eigenvalue weighted by atomic mass is 10.1. The molecule has 2 aliphatic rings. The number of amides is 2. The fraction of sp³-hybridized carbons (Fsp3) is 0.360. The summed E-state index contributed by atoms with van der Waals surface area (Å²) in [5.41, 5.74) is 3.25. The molecule has 1 aromatic heterocycles. The molecule has 3 aromatic rings. The Kier molecular flexibility index (Phi) is 5.24. The number of nitrogens with zero attached hydrogens (tertiary/aromatic N) is 3. The number of carbonyl (C=O) groups excluding carboxylic acids is 2. The van der Waals surface area contributed by atoms with E-state index in [4.69, 9.17) is 4.74 Å². The number of likely N-dealkylation sites (tertiary alicyclic amines) is 1. The van der Waals surface area contributed by atoms with Crippen LogP contribution in [0.4, 0.5) is 0 Å². The third kappa shape index (κ3) is 3.83. The average molecular weight is 418 g/mol. The lowest BCUT2D eigenvalue weighted by Crippen LogP contribution is -2.45. The second-order valence-electron chi connectivity index (χ2n) is 8.49. The summed E-state index contributed by atoms with van der Waals surface area (Å²) in [5.74, 6) is 0.180. The van der Waals surface area contributed by atoms with Crippen LogP contribution in [0.2, 0.25) is 0 Å². The average Bonchev–Trinajstić information content (AvgIpc) is 3.30. The Morgan fingerprint density at radius 1 is 1.06 bits per heavy atom. The quantitative estimate of drug-likeness (QED) is 0.656. The van der Waals surface area contributed by atoms with Gasteiger partial charge in [0.05, 0.1) is 31.6 Å². The molecule has 0 radical (unpaired) electrons. The van der Waals surface area contributed by atoms with Crippen molar-refractivity contribution in [3.05, 3.63) is 71.9 Å². The molecule has 0 saturated carbocycles. The number of para-hydroxylation sites is 1. The summed E-state index contributed by atoms with van der Waals surface area (Å²) in [7, 11) is 2.01. The largest absolute Gasteiger partial charge is 0.374 e. The maximum atomic E-state index is 13.2. The summed E-state index contributed by atoms with van der Waals surface area (Å²) in [6, 6.07) is 18.1. The van der Waals surface area contributed by atoms with Crippen LogP contribution in [0, 0.1) is 0 Å². The van der Waals surface area contributed by atoms with Gasteiger partial charge in [0.2, 0.25) is 11.8 Å². The molecule has 2 aromatic carbocycles. The van der Waals surface area contributed by atoms with Crippen molar-refractivity contribution in [1.29, 1.82) is 0 Å². The molecule has 0 spiro atoms. The van der Waals surface area contributed by atoms with Gasteiger partial charge in [-0.2, -0.15) is 0 Å². The molecule has 2 aliphatic heterocycles. The van der Waals surface area contributed by atoms with Crippen LogP contribution in [0.1, 0.15) is 17.5 Å². The smallest absolute Gasteiger partial charge is 0.227 e. The number of benzene rings is 2. The molecule has 0 N–H and O–H groups in total. The van der Waals surface area contributed by atoms with Gasteiger partial charge in [-0.25, -0.2) is 0 Å². The van der Waals surface area contributed by atoms with E-state index >= 15 is 0 Å². The molecule has 6 nitrogen and oxygen atoms in total. The van der Waals surface area contributed by atoms with E-state index in [1.54, 1.807) is 0 Å². The highest BCUT2D eigenvalue weighted by Gasteiger charge is 2.42. The van der Waals surface area contributed by atoms with E-state index in [2.05, 4.69) is 16.7 Å². The number of aromatic nitrogens is 1. The second-order valence-corrected chi connectivity index (χ2v) is 8.49. The van der Waals surface area contributed by atoms with E-state index in [1.165, 1.54) is 0 Å². The maximum absolute atomic E-state index is 13.2. The second kappa shape index (κ2) is 8.19. The first-order valence-corrected chi connectivity index (χ1v) is 10.9. The van der Waals surface area contributed by atoms with Crippen LogP contribution in [-0.2, 0) is 34.3 Å². The molecular weight excluding hydrogens is 390 g/mol. The van der Waals surface area contributed by atoms with Gasteiger partial charge in [-0.1, -0.05) is 48.5 Å². The Morgan fingerprint density at radius 3 is 2.68 bits per heavy atom. The van der Waals surface area contributed by atoms with Gasteiger partial charge in [-0.15, -0.1) is 0 Å². The highest BCUT2D eigenvalue weighted by atomic mass is 16.5. The van der Waals surface area contributed by atoms with Gasteiger partial charge in [0.15, 0.2) is 0 Å². The fourth-order valence-electron chi connectivity index (χ4n) is 4.88. The van der Waals surface area contributed by atoms with Crippen molar-refractivity contribution in [1.82, 2.24) is 14.4 Å². The van der Waals surface area contributed by atoms with Gasteiger partial charge in [-0.3, -0.25) is 9.59 Å². The van der Waals surface area contributed by atoms with E-state index in [0.717, 1.165) is 22.0 Å². The maximum Gasteiger partial charge on any atom is 0.227 e. The van der Waals surface area contributed by atoms with Gasteiger partial charge in [0.25, 0.3) is 0 Å². The molecule has 2 fully saturated rings. The molecule has 0 unspecified atom stereocenters. The molecule has 2 amide bonds. The SMILES string of the molecule is Cn1cc(CC(=O)N2C[C@@H]3OCCC(=O)N(Cc4ccccc4)[C@H]3C2)c2ccccc21. The number of rotatable bonds is 4. The van der Waals surface area contributed by atoms with Crippen LogP contribution < -0.4 is 0 Å². The van der Waals surface area contributed by atoms with Crippen LogP contribution in [0.3, 0.4) is 0 Å². The number of ether oxygens (including phenoxy) is 1. The summed E-state index contributed by atoms with van der Waals surface area (Å²) in [6.45, 7) is 2.02. The number of fused-ring (bicyclic) bond motifs is 2. The van der Waals surface area contributed by atoms with Gasteiger partial charge in [0, 0.05) is 43.8 Å². The number of hydrogen-bond donors (Lipinski definition) is 0. The van der Waals surface area contributed by atoms with Crippen molar-refractivity contribution in [2.45, 2.75) is 31.5 Å². The highest BCUT2D eigenvalue weighted by molar-refractivity contribution is 5.89. The van der Waals surface area contributed by atoms with Crippen LogP contribution in [0.25, 0.3) is 10.9 Å². The summed E-state index contributed by atoms with van der Waals surface area (Å²) >= 11 is 0. The first kappa shape index (κ1) is 19.8. The standard InChI is InChI=1S/C25H27N3O3/c1-26-15-19(20-9-5-6-10-21(20)26)13-25(30)27-16-22-23(17-27)31-12-11-24(29)28(22)14-18-7-3-2-4-8-18/h2-10,15,22-23H,11-14,16-17H2,1H3/t22-,23-/m0/s1. The third-order valence-electron chi connectivity index (χ3n) is 6.48. The summed E-state index contributed by atoms with van der Waals surface area (Å²) in [5, 5.41) is 1.11. The van der Waals surface area contributed by atoms with Crippen molar-refractivity contribution in [2.75, 3.05) is 19.7 Å².